The Labute approximate surface area is 315 Å². The predicted octanol–water partition coefficient (Wildman–Crippen LogP) is -1.94. The van der Waals surface area contributed by atoms with Crippen LogP contribution in [0.3, 0.4) is 0 Å². The van der Waals surface area contributed by atoms with Crippen LogP contribution in [-0.4, -0.2) is 172 Å². The van der Waals surface area contributed by atoms with Crippen molar-refractivity contribution in [3.8, 4) is 23.0 Å². The molecule has 19 heteroatoms. The van der Waals surface area contributed by atoms with Gasteiger partial charge in [0.25, 0.3) is 0 Å². The zero-order chi connectivity index (χ0) is 40.0. The summed E-state index contributed by atoms with van der Waals surface area (Å²) < 4.78 is 50.6. The average Bonchev–Trinajstić information content (AvgIpc) is 3.46. The number of phenolic OH excluding ortho intramolecular Hbond substituents is 2. The number of ether oxygens (including phenoxy) is 9. The molecule has 19 nitrogen and oxygen atoms in total. The highest BCUT2D eigenvalue weighted by Crippen LogP contribution is 2.34. The van der Waals surface area contributed by atoms with Gasteiger partial charge in [0.05, 0.1) is 46.8 Å². The summed E-state index contributed by atoms with van der Waals surface area (Å²) >= 11 is 0. The topological polar surface area (TPSA) is 282 Å². The molecule has 0 bridgehead atoms. The van der Waals surface area contributed by atoms with E-state index in [1.54, 1.807) is 12.1 Å². The molecule has 0 radical (unpaired) electrons. The first-order chi connectivity index (χ1) is 26.2. The summed E-state index contributed by atoms with van der Waals surface area (Å²) in [5.74, 6) is -0.850. The summed E-state index contributed by atoms with van der Waals surface area (Å²) in [6, 6.07) is 9.00. The Balaban J connectivity index is 1.42. The molecule has 3 heterocycles. The first-order valence-electron chi connectivity index (χ1n) is 17.4. The fraction of sp³-hybridized carbons (Fsp3) is 0.583. The van der Waals surface area contributed by atoms with Crippen molar-refractivity contribution in [1.29, 1.82) is 0 Å². The number of methoxy groups -OCH3 is 2. The van der Waals surface area contributed by atoms with E-state index in [9.17, 15) is 50.8 Å². The molecule has 0 aromatic heterocycles. The zero-order valence-corrected chi connectivity index (χ0v) is 30.2. The Morgan fingerprint density at radius 1 is 0.855 bits per heavy atom. The van der Waals surface area contributed by atoms with Crippen molar-refractivity contribution in [2.45, 2.75) is 92.8 Å². The first kappa shape index (κ1) is 42.5. The number of hydrogen-bond donors (Lipinski definition) is 9. The van der Waals surface area contributed by atoms with Crippen molar-refractivity contribution < 1.29 is 93.4 Å². The van der Waals surface area contributed by atoms with Crippen LogP contribution in [0.25, 0.3) is 6.08 Å². The van der Waals surface area contributed by atoms with E-state index in [-0.39, 0.29) is 36.0 Å². The molecule has 306 valence electrons. The van der Waals surface area contributed by atoms with Crippen LogP contribution in [0.2, 0.25) is 0 Å². The third kappa shape index (κ3) is 9.84. The minimum atomic E-state index is -2.04. The van der Waals surface area contributed by atoms with Gasteiger partial charge in [-0.25, -0.2) is 4.79 Å². The van der Waals surface area contributed by atoms with Crippen LogP contribution >= 0.6 is 0 Å². The van der Waals surface area contributed by atoms with Crippen LogP contribution in [0.15, 0.2) is 42.5 Å². The van der Waals surface area contributed by atoms with Gasteiger partial charge >= 0.3 is 5.97 Å². The molecule has 55 heavy (non-hydrogen) atoms. The average molecular weight is 785 g/mol. The number of phenols is 2. The largest absolute Gasteiger partial charge is 0.504 e. The van der Waals surface area contributed by atoms with E-state index in [2.05, 4.69) is 0 Å². The van der Waals surface area contributed by atoms with Crippen LogP contribution in [-0.2, 0) is 44.4 Å². The van der Waals surface area contributed by atoms with Crippen LogP contribution in [0, 0.1) is 0 Å². The minimum absolute atomic E-state index is 0.102. The minimum Gasteiger partial charge on any atom is -0.504 e. The molecule has 0 amide bonds. The highest BCUT2D eigenvalue weighted by atomic mass is 16.8. The fourth-order valence-corrected chi connectivity index (χ4v) is 6.19. The Morgan fingerprint density at radius 2 is 1.60 bits per heavy atom. The van der Waals surface area contributed by atoms with Gasteiger partial charge in [-0.15, -0.1) is 0 Å². The molecule has 0 spiro atoms. The number of benzene rings is 2. The van der Waals surface area contributed by atoms with Gasteiger partial charge in [-0.3, -0.25) is 0 Å². The van der Waals surface area contributed by atoms with E-state index in [1.807, 2.05) is 0 Å². The predicted molar refractivity (Wildman–Crippen MR) is 184 cm³/mol. The molecular formula is C36H48O19. The quantitative estimate of drug-likeness (QED) is 0.0701. The lowest BCUT2D eigenvalue weighted by molar-refractivity contribution is -0.360. The van der Waals surface area contributed by atoms with Gasteiger partial charge in [0.15, 0.2) is 48.0 Å². The number of hydrogen-bond acceptors (Lipinski definition) is 19. The standard InChI is InChI=1S/C36H48O19/c1-17-26(41)27(42)28(43)34(52-17)55-31-29(44)33(49-11-10-19-5-8-22(47-2)21(39)12-19)53-24(14-50-35-32(45)36(46,15-37)16-51-35)30(31)54-25(40)9-6-18-4-7-20(38)23(13-18)48-3/h4-9,12-13,17,24,26-35,37-39,41-46H,10-11,14-16H2,1-3H3/b9-6+/t17-,24+,26-,27+,28+,29+,30+,31+,32-,33+,34+,35-,36+/m0/s1. The van der Waals surface area contributed by atoms with E-state index >= 15 is 0 Å². The van der Waals surface area contributed by atoms with Crippen LogP contribution in [0.5, 0.6) is 23.0 Å². The number of carbonyl (C=O) groups excluding carboxylic acids is 1. The van der Waals surface area contributed by atoms with Crippen LogP contribution < -0.4 is 9.47 Å². The summed E-state index contributed by atoms with van der Waals surface area (Å²) in [7, 11) is 2.75. The van der Waals surface area contributed by atoms with Gasteiger partial charge in [0.1, 0.15) is 48.3 Å². The summed E-state index contributed by atoms with van der Waals surface area (Å²) in [5, 5.41) is 94.0. The molecule has 3 fully saturated rings. The highest BCUT2D eigenvalue weighted by molar-refractivity contribution is 5.87. The van der Waals surface area contributed by atoms with E-state index in [1.165, 1.54) is 51.5 Å². The second kappa shape index (κ2) is 18.5. The Morgan fingerprint density at radius 3 is 2.27 bits per heavy atom. The highest BCUT2D eigenvalue weighted by Gasteiger charge is 2.54. The fourth-order valence-electron chi connectivity index (χ4n) is 6.19. The third-order valence-electron chi connectivity index (χ3n) is 9.50. The summed E-state index contributed by atoms with van der Waals surface area (Å²) in [4.78, 5) is 13.4. The van der Waals surface area contributed by atoms with Crippen molar-refractivity contribution in [2.24, 2.45) is 0 Å². The van der Waals surface area contributed by atoms with Gasteiger partial charge in [-0.1, -0.05) is 12.1 Å². The van der Waals surface area contributed by atoms with Gasteiger partial charge in [-0.05, 0) is 54.8 Å². The number of carbonyl (C=O) groups is 1. The lowest BCUT2D eigenvalue weighted by atomic mass is 9.96. The van der Waals surface area contributed by atoms with E-state index in [4.69, 9.17) is 42.6 Å². The van der Waals surface area contributed by atoms with Crippen LogP contribution in [0.4, 0.5) is 0 Å². The number of aliphatic hydroxyl groups excluding tert-OH is 6. The van der Waals surface area contributed by atoms with E-state index < -0.39 is 105 Å². The summed E-state index contributed by atoms with van der Waals surface area (Å²) in [6.07, 6.45) is -16.4. The van der Waals surface area contributed by atoms with Gasteiger partial charge in [0, 0.05) is 6.08 Å². The number of aliphatic hydroxyl groups is 7. The molecule has 3 aliphatic heterocycles. The lowest BCUT2D eigenvalue weighted by Crippen LogP contribution is -2.65. The third-order valence-corrected chi connectivity index (χ3v) is 9.50. The van der Waals surface area contributed by atoms with Crippen molar-refractivity contribution in [3.63, 3.8) is 0 Å². The molecule has 3 aliphatic rings. The molecule has 2 aromatic carbocycles. The van der Waals surface area contributed by atoms with Crippen molar-refractivity contribution in [3.05, 3.63) is 53.6 Å². The molecule has 13 atom stereocenters. The smallest absolute Gasteiger partial charge is 0.331 e. The molecule has 3 saturated heterocycles. The van der Waals surface area contributed by atoms with Crippen molar-refractivity contribution >= 4 is 12.0 Å². The Bertz CT molecular complexity index is 1610. The van der Waals surface area contributed by atoms with Gasteiger partial charge < -0.3 is 88.6 Å². The van der Waals surface area contributed by atoms with Crippen molar-refractivity contribution in [2.75, 3.05) is 40.6 Å². The molecule has 9 N–H and O–H groups in total. The van der Waals surface area contributed by atoms with E-state index in [0.717, 1.165) is 6.08 Å². The van der Waals surface area contributed by atoms with Crippen LogP contribution in [0.1, 0.15) is 18.1 Å². The summed E-state index contributed by atoms with van der Waals surface area (Å²) in [5.41, 5.74) is -0.974. The molecule has 5 rings (SSSR count). The van der Waals surface area contributed by atoms with Crippen molar-refractivity contribution in [1.82, 2.24) is 0 Å². The first-order valence-corrected chi connectivity index (χ1v) is 17.4. The number of aromatic hydroxyl groups is 2. The molecule has 0 aliphatic carbocycles. The maximum atomic E-state index is 13.4. The maximum absolute atomic E-state index is 13.4. The molecule has 0 unspecified atom stereocenters. The Hall–Kier alpha value is -3.67. The molecule has 2 aromatic rings. The lowest BCUT2D eigenvalue weighted by Gasteiger charge is -2.46. The monoisotopic (exact) mass is 784 g/mol. The number of esters is 1. The SMILES string of the molecule is COc1ccc(CCO[C@@H]2O[C@H](CO[C@H]3OC[C@](O)(CO)[C@H]3O)[C@@H](OC(=O)/C=C/c3ccc(O)c(OC)c3)[C@H](O[C@H]3O[C@@H](C)[C@H](O)[C@@H](O)[C@H]3O)[C@H]2O)cc1O. The number of rotatable bonds is 15. The zero-order valence-electron chi connectivity index (χ0n) is 30.2. The van der Waals surface area contributed by atoms with Gasteiger partial charge in [-0.2, -0.15) is 0 Å². The molecule has 0 saturated carbocycles. The summed E-state index contributed by atoms with van der Waals surface area (Å²) in [6.45, 7) is -0.579. The molecular weight excluding hydrogens is 736 g/mol. The van der Waals surface area contributed by atoms with E-state index in [0.29, 0.717) is 11.1 Å². The normalized spacial score (nSPS) is 35.2. The second-order valence-corrected chi connectivity index (χ2v) is 13.3. The maximum Gasteiger partial charge on any atom is 0.331 e. The second-order valence-electron chi connectivity index (χ2n) is 13.3. The Kier molecular flexibility index (Phi) is 14.3. The van der Waals surface area contributed by atoms with Gasteiger partial charge in [0.2, 0.25) is 0 Å².